The molecule has 1 rings (SSSR count). The highest BCUT2D eigenvalue weighted by Gasteiger charge is 2.11. The van der Waals surface area contributed by atoms with Crippen molar-refractivity contribution in [3.05, 3.63) is 24.0 Å². The van der Waals surface area contributed by atoms with Gasteiger partial charge in [0.25, 0.3) is 5.91 Å². The Morgan fingerprint density at radius 3 is 2.67 bits per heavy atom. The number of ether oxygens (including phenoxy) is 1. The molecule has 1 aromatic rings. The Kier molecular flexibility index (Phi) is 3.38. The topological polar surface area (TPSA) is 46.6 Å². The molecule has 0 atom stereocenters. The predicted molar refractivity (Wildman–Crippen MR) is 52.4 cm³/mol. The highest BCUT2D eigenvalue weighted by molar-refractivity contribution is 6.30. The fraction of sp³-hybridized carbons (Fsp3) is 0.200. The molecule has 0 aromatic heterocycles. The average molecular weight is 211 g/mol. The van der Waals surface area contributed by atoms with E-state index in [0.717, 1.165) is 11.0 Å². The predicted octanol–water partition coefficient (Wildman–Crippen LogP) is 0.996. The molecule has 0 aliphatic heterocycles. The van der Waals surface area contributed by atoms with E-state index < -0.39 is 11.7 Å². The molecule has 15 heavy (non-hydrogen) atoms. The van der Waals surface area contributed by atoms with Crippen LogP contribution < -0.4 is 9.64 Å². The number of rotatable bonds is 3. The number of carbonyl (C=O) groups excluding carboxylic acids is 2. The van der Waals surface area contributed by atoms with Gasteiger partial charge in [0, 0.05) is 18.8 Å². The highest BCUT2D eigenvalue weighted by atomic mass is 19.1. The minimum Gasteiger partial charge on any atom is -0.494 e. The molecule has 0 bridgehead atoms. The largest absolute Gasteiger partial charge is 0.494 e. The summed E-state index contributed by atoms with van der Waals surface area (Å²) in [6.45, 7) is 0. The molecule has 0 N–H and O–H groups in total. The molecular weight excluding hydrogens is 201 g/mol. The molecule has 0 unspecified atom stereocenters. The minimum absolute atomic E-state index is 0.0886. The van der Waals surface area contributed by atoms with Gasteiger partial charge in [-0.2, -0.15) is 0 Å². The number of aldehydes is 1. The number of amides is 1. The summed E-state index contributed by atoms with van der Waals surface area (Å²) in [5, 5.41) is 0. The summed E-state index contributed by atoms with van der Waals surface area (Å²) in [5.41, 5.74) is 0.297. The first kappa shape index (κ1) is 11.2. The molecule has 0 heterocycles. The third kappa shape index (κ3) is 2.31. The second-order valence-corrected chi connectivity index (χ2v) is 2.83. The van der Waals surface area contributed by atoms with E-state index in [9.17, 15) is 14.0 Å². The Hall–Kier alpha value is -1.91. The Balaban J connectivity index is 3.01. The maximum absolute atomic E-state index is 13.2. The van der Waals surface area contributed by atoms with Crippen molar-refractivity contribution in [2.24, 2.45) is 0 Å². The van der Waals surface area contributed by atoms with Crippen molar-refractivity contribution < 1.29 is 18.7 Å². The van der Waals surface area contributed by atoms with Gasteiger partial charge in [0.2, 0.25) is 6.29 Å². The lowest BCUT2D eigenvalue weighted by atomic mass is 10.2. The number of hydrogen-bond donors (Lipinski definition) is 0. The molecule has 80 valence electrons. The zero-order chi connectivity index (χ0) is 11.4. The van der Waals surface area contributed by atoms with Crippen LogP contribution in [0.2, 0.25) is 0 Å². The fourth-order valence-corrected chi connectivity index (χ4v) is 1.07. The maximum atomic E-state index is 13.2. The van der Waals surface area contributed by atoms with Crippen LogP contribution in [0.4, 0.5) is 10.1 Å². The molecule has 4 nitrogen and oxygen atoms in total. The van der Waals surface area contributed by atoms with Crippen LogP contribution in [-0.4, -0.2) is 26.4 Å². The Labute approximate surface area is 86.3 Å². The van der Waals surface area contributed by atoms with E-state index in [1.807, 2.05) is 0 Å². The Morgan fingerprint density at radius 1 is 1.53 bits per heavy atom. The van der Waals surface area contributed by atoms with E-state index in [1.165, 1.54) is 26.3 Å². The smallest absolute Gasteiger partial charge is 0.290 e. The van der Waals surface area contributed by atoms with Crippen molar-refractivity contribution in [2.45, 2.75) is 0 Å². The highest BCUT2D eigenvalue weighted by Crippen LogP contribution is 2.22. The lowest BCUT2D eigenvalue weighted by molar-refractivity contribution is -0.129. The van der Waals surface area contributed by atoms with Crippen LogP contribution in [0.15, 0.2) is 18.2 Å². The van der Waals surface area contributed by atoms with E-state index in [0.29, 0.717) is 5.69 Å². The maximum Gasteiger partial charge on any atom is 0.290 e. The Morgan fingerprint density at radius 2 is 2.20 bits per heavy atom. The summed E-state index contributed by atoms with van der Waals surface area (Å²) >= 11 is 0. The molecule has 0 saturated heterocycles. The first-order valence-electron chi connectivity index (χ1n) is 4.16. The van der Waals surface area contributed by atoms with Crippen molar-refractivity contribution >= 4 is 17.9 Å². The number of nitrogens with zero attached hydrogens (tertiary/aromatic N) is 1. The standard InChI is InChI=1S/C10H10FNO3/c1-12(10(14)6-13)7-3-4-9(15-2)8(11)5-7/h3-6H,1-2H3. The molecular formula is C10H10FNO3. The summed E-state index contributed by atoms with van der Waals surface area (Å²) in [7, 11) is 2.73. The van der Waals surface area contributed by atoms with Crippen LogP contribution >= 0.6 is 0 Å². The molecule has 0 aliphatic rings. The zero-order valence-electron chi connectivity index (χ0n) is 8.36. The first-order valence-corrected chi connectivity index (χ1v) is 4.16. The normalized spacial score (nSPS) is 9.53. The van der Waals surface area contributed by atoms with Crippen molar-refractivity contribution in [1.82, 2.24) is 0 Å². The van der Waals surface area contributed by atoms with Crippen molar-refractivity contribution in [3.63, 3.8) is 0 Å². The second-order valence-electron chi connectivity index (χ2n) is 2.83. The van der Waals surface area contributed by atoms with Crippen LogP contribution in [0.1, 0.15) is 0 Å². The van der Waals surface area contributed by atoms with E-state index in [2.05, 4.69) is 0 Å². The summed E-state index contributed by atoms with van der Waals surface area (Å²) in [6, 6.07) is 4.00. The third-order valence-corrected chi connectivity index (χ3v) is 1.95. The van der Waals surface area contributed by atoms with Crippen molar-refractivity contribution in [2.75, 3.05) is 19.1 Å². The number of halogens is 1. The fourth-order valence-electron chi connectivity index (χ4n) is 1.07. The van der Waals surface area contributed by atoms with E-state index in [-0.39, 0.29) is 12.0 Å². The van der Waals surface area contributed by atoms with E-state index in [4.69, 9.17) is 4.74 Å². The lowest BCUT2D eigenvalue weighted by Gasteiger charge is -2.14. The number of benzene rings is 1. The van der Waals surface area contributed by atoms with Gasteiger partial charge in [-0.05, 0) is 12.1 Å². The summed E-state index contributed by atoms with van der Waals surface area (Å²) in [4.78, 5) is 22.3. The molecule has 1 amide bonds. The van der Waals surface area contributed by atoms with E-state index in [1.54, 1.807) is 0 Å². The average Bonchev–Trinajstić information content (AvgIpc) is 2.26. The second kappa shape index (κ2) is 4.54. The van der Waals surface area contributed by atoms with Gasteiger partial charge in [-0.3, -0.25) is 9.59 Å². The molecule has 0 spiro atoms. The number of likely N-dealkylation sites (N-methyl/N-ethyl adjacent to an activating group) is 1. The Bertz CT molecular complexity index is 392. The lowest BCUT2D eigenvalue weighted by Crippen LogP contribution is -2.26. The zero-order valence-corrected chi connectivity index (χ0v) is 8.36. The van der Waals surface area contributed by atoms with Crippen LogP contribution in [0, 0.1) is 5.82 Å². The van der Waals surface area contributed by atoms with Crippen LogP contribution in [0.25, 0.3) is 0 Å². The molecule has 0 fully saturated rings. The number of methoxy groups -OCH3 is 1. The van der Waals surface area contributed by atoms with E-state index >= 15 is 0 Å². The van der Waals surface area contributed by atoms with Crippen molar-refractivity contribution in [1.29, 1.82) is 0 Å². The molecule has 5 heteroatoms. The van der Waals surface area contributed by atoms with Gasteiger partial charge in [-0.1, -0.05) is 0 Å². The summed E-state index contributed by atoms with van der Waals surface area (Å²) < 4.78 is 17.9. The summed E-state index contributed by atoms with van der Waals surface area (Å²) in [5.74, 6) is -1.23. The number of anilines is 1. The monoisotopic (exact) mass is 211 g/mol. The molecule has 1 aromatic carbocycles. The first-order chi connectivity index (χ1) is 7.10. The van der Waals surface area contributed by atoms with Gasteiger partial charge in [-0.25, -0.2) is 4.39 Å². The van der Waals surface area contributed by atoms with Gasteiger partial charge >= 0.3 is 0 Å². The number of hydrogen-bond acceptors (Lipinski definition) is 3. The van der Waals surface area contributed by atoms with Crippen LogP contribution in [-0.2, 0) is 9.59 Å². The third-order valence-electron chi connectivity index (χ3n) is 1.95. The SMILES string of the molecule is COc1ccc(N(C)C(=O)C=O)cc1F. The van der Waals surface area contributed by atoms with Crippen LogP contribution in [0.5, 0.6) is 5.75 Å². The number of carbonyl (C=O) groups is 2. The molecule has 0 saturated carbocycles. The van der Waals surface area contributed by atoms with Gasteiger partial charge in [-0.15, -0.1) is 0 Å². The minimum atomic E-state index is -0.737. The summed E-state index contributed by atoms with van der Waals surface area (Å²) in [6.07, 6.45) is 0.169. The van der Waals surface area contributed by atoms with Gasteiger partial charge in [0.1, 0.15) is 0 Å². The van der Waals surface area contributed by atoms with Gasteiger partial charge in [0.05, 0.1) is 7.11 Å². The van der Waals surface area contributed by atoms with Gasteiger partial charge < -0.3 is 9.64 Å². The quantitative estimate of drug-likeness (QED) is 0.553. The van der Waals surface area contributed by atoms with Crippen LogP contribution in [0.3, 0.4) is 0 Å². The molecule has 0 aliphatic carbocycles. The molecule has 0 radical (unpaired) electrons. The van der Waals surface area contributed by atoms with Crippen molar-refractivity contribution in [3.8, 4) is 5.75 Å². The van der Waals surface area contributed by atoms with Gasteiger partial charge in [0.15, 0.2) is 11.6 Å².